The molecule has 0 aliphatic rings. The molecule has 0 saturated heterocycles. The summed E-state index contributed by atoms with van der Waals surface area (Å²) >= 11 is 2.86. The van der Waals surface area contributed by atoms with Crippen LogP contribution < -0.4 is 15.2 Å². The zero-order chi connectivity index (χ0) is 19.8. The molecule has 5 nitrogen and oxygen atoms in total. The lowest BCUT2D eigenvalue weighted by atomic mass is 10.2. The van der Waals surface area contributed by atoms with Crippen molar-refractivity contribution in [3.8, 4) is 16.3 Å². The van der Waals surface area contributed by atoms with Crippen LogP contribution in [0.5, 0.6) is 5.75 Å². The van der Waals surface area contributed by atoms with Gasteiger partial charge in [0.2, 0.25) is 5.91 Å². The summed E-state index contributed by atoms with van der Waals surface area (Å²) in [5.74, 6) is -0.265. The van der Waals surface area contributed by atoms with Gasteiger partial charge in [-0.15, -0.1) is 11.3 Å². The third kappa shape index (κ3) is 5.45. The Bertz CT molecular complexity index is 898. The van der Waals surface area contributed by atoms with Crippen molar-refractivity contribution in [2.75, 3.05) is 11.8 Å². The molecule has 0 saturated carbocycles. The number of amides is 1. The maximum Gasteiger partial charge on any atom is 0.248 e. The van der Waals surface area contributed by atoms with Crippen molar-refractivity contribution >= 4 is 34.9 Å². The first-order valence-electron chi connectivity index (χ1n) is 8.19. The Balaban J connectivity index is 0.00000126. The fourth-order valence-corrected chi connectivity index (χ4v) is 3.73. The quantitative estimate of drug-likeness (QED) is 0.551. The van der Waals surface area contributed by atoms with E-state index in [9.17, 15) is 9.18 Å². The molecule has 0 fully saturated rings. The van der Waals surface area contributed by atoms with Crippen molar-refractivity contribution in [1.82, 2.24) is 4.98 Å². The number of primary amides is 1. The van der Waals surface area contributed by atoms with Crippen LogP contribution in [-0.2, 0) is 0 Å². The highest BCUT2D eigenvalue weighted by Crippen LogP contribution is 2.34. The highest BCUT2D eigenvalue weighted by atomic mass is 32.2. The number of nitrogens with two attached hydrogens (primary N) is 1. The number of halogens is 1. The first-order valence-corrected chi connectivity index (χ1v) is 9.82. The number of rotatable bonds is 6. The number of nitrogens with zero attached hydrogens (tertiary/aromatic N) is 1. The molecule has 3 rings (SSSR count). The van der Waals surface area contributed by atoms with E-state index in [0.717, 1.165) is 14.8 Å². The standard InChI is InChI=1S/C17H14FN3O2S2.C2H6/c1-23-14-8-11(16(19)22)4-7-13(14)21-25-15-9-20-17(24-15)10-2-5-12(18)6-3-10;1-2/h2-9,21H,1H3,(H2,19,22);1-2H3. The molecule has 0 spiro atoms. The highest BCUT2D eigenvalue weighted by molar-refractivity contribution is 8.02. The Morgan fingerprint density at radius 1 is 1.22 bits per heavy atom. The smallest absolute Gasteiger partial charge is 0.248 e. The minimum absolute atomic E-state index is 0.275. The van der Waals surface area contributed by atoms with Gasteiger partial charge in [0.25, 0.3) is 0 Å². The van der Waals surface area contributed by atoms with Crippen LogP contribution in [-0.4, -0.2) is 18.0 Å². The molecule has 0 aliphatic heterocycles. The summed E-state index contributed by atoms with van der Waals surface area (Å²) in [6, 6.07) is 11.2. The molecular weight excluding hydrogens is 385 g/mol. The van der Waals surface area contributed by atoms with Gasteiger partial charge < -0.3 is 15.2 Å². The number of nitrogens with one attached hydrogen (secondary N) is 1. The van der Waals surface area contributed by atoms with Gasteiger partial charge in [0, 0.05) is 11.1 Å². The summed E-state index contributed by atoms with van der Waals surface area (Å²) in [7, 11) is 1.52. The van der Waals surface area contributed by atoms with Crippen molar-refractivity contribution in [3.63, 3.8) is 0 Å². The Labute approximate surface area is 165 Å². The maximum absolute atomic E-state index is 13.0. The second kappa shape index (κ2) is 9.94. The first-order chi connectivity index (χ1) is 13.1. The van der Waals surface area contributed by atoms with Crippen molar-refractivity contribution in [3.05, 3.63) is 60.0 Å². The number of anilines is 1. The van der Waals surface area contributed by atoms with Crippen LogP contribution in [0, 0.1) is 5.82 Å². The Morgan fingerprint density at radius 2 is 1.93 bits per heavy atom. The van der Waals surface area contributed by atoms with E-state index in [1.54, 1.807) is 36.5 Å². The molecule has 0 bridgehead atoms. The van der Waals surface area contributed by atoms with Gasteiger partial charge in [-0.25, -0.2) is 9.37 Å². The van der Waals surface area contributed by atoms with E-state index in [-0.39, 0.29) is 5.82 Å². The number of carbonyl (C=O) groups excluding carboxylic acids is 1. The van der Waals surface area contributed by atoms with Gasteiger partial charge in [-0.05, 0) is 54.4 Å². The predicted octanol–water partition coefficient (Wildman–Crippen LogP) is 5.20. The molecular formula is C19H20FN3O2S2. The van der Waals surface area contributed by atoms with Gasteiger partial charge in [-0.1, -0.05) is 13.8 Å². The summed E-state index contributed by atoms with van der Waals surface area (Å²) in [5, 5.41) is 0.806. The van der Waals surface area contributed by atoms with E-state index in [0.29, 0.717) is 17.0 Å². The number of hydrogen-bond acceptors (Lipinski definition) is 6. The molecule has 0 aliphatic carbocycles. The summed E-state index contributed by atoms with van der Waals surface area (Å²) in [6.45, 7) is 4.00. The van der Waals surface area contributed by atoms with E-state index >= 15 is 0 Å². The number of methoxy groups -OCH3 is 1. The van der Waals surface area contributed by atoms with Crippen molar-refractivity contribution in [2.24, 2.45) is 5.73 Å². The van der Waals surface area contributed by atoms with E-state index in [4.69, 9.17) is 10.5 Å². The highest BCUT2D eigenvalue weighted by Gasteiger charge is 2.10. The first kappa shape index (κ1) is 20.7. The number of benzene rings is 2. The fourth-order valence-electron chi connectivity index (χ4n) is 2.07. The van der Waals surface area contributed by atoms with Gasteiger partial charge in [0.15, 0.2) is 0 Å². The summed E-state index contributed by atoms with van der Waals surface area (Å²) < 4.78 is 22.4. The normalized spacial score (nSPS) is 9.93. The minimum Gasteiger partial charge on any atom is -0.495 e. The third-order valence-electron chi connectivity index (χ3n) is 3.32. The second-order valence-electron chi connectivity index (χ2n) is 4.97. The monoisotopic (exact) mass is 405 g/mol. The summed E-state index contributed by atoms with van der Waals surface area (Å²) in [6.07, 6.45) is 1.74. The summed E-state index contributed by atoms with van der Waals surface area (Å²) in [5.41, 5.74) is 7.23. The molecule has 0 atom stereocenters. The average Bonchev–Trinajstić information content (AvgIpc) is 3.17. The van der Waals surface area contributed by atoms with Crippen LogP contribution in [0.15, 0.2) is 52.9 Å². The topological polar surface area (TPSA) is 77.2 Å². The lowest BCUT2D eigenvalue weighted by Gasteiger charge is -2.10. The lowest BCUT2D eigenvalue weighted by Crippen LogP contribution is -2.11. The molecule has 1 heterocycles. The van der Waals surface area contributed by atoms with E-state index in [2.05, 4.69) is 9.71 Å². The van der Waals surface area contributed by atoms with Gasteiger partial charge in [-0.3, -0.25) is 4.79 Å². The molecule has 3 aromatic rings. The number of ether oxygens (including phenoxy) is 1. The maximum atomic E-state index is 13.0. The van der Waals surface area contributed by atoms with Crippen LogP contribution in [0.4, 0.5) is 10.1 Å². The third-order valence-corrected chi connectivity index (χ3v) is 5.29. The van der Waals surface area contributed by atoms with Crippen LogP contribution in [0.2, 0.25) is 0 Å². The SMILES string of the molecule is CC.COc1cc(C(N)=O)ccc1NSc1cnc(-c2ccc(F)cc2)s1. The Kier molecular flexibility index (Phi) is 7.63. The van der Waals surface area contributed by atoms with Gasteiger partial charge in [0.1, 0.15) is 20.8 Å². The molecule has 1 amide bonds. The molecule has 142 valence electrons. The van der Waals surface area contributed by atoms with E-state index in [1.807, 2.05) is 13.8 Å². The molecule has 3 N–H and O–H groups in total. The van der Waals surface area contributed by atoms with Gasteiger partial charge in [0.05, 0.1) is 19.0 Å². The predicted molar refractivity (Wildman–Crippen MR) is 110 cm³/mol. The Hall–Kier alpha value is -2.58. The zero-order valence-electron chi connectivity index (χ0n) is 15.2. The molecule has 8 heteroatoms. The van der Waals surface area contributed by atoms with Crippen LogP contribution in [0.25, 0.3) is 10.6 Å². The molecule has 27 heavy (non-hydrogen) atoms. The molecule has 0 unspecified atom stereocenters. The fraction of sp³-hybridized carbons (Fsp3) is 0.158. The second-order valence-corrected chi connectivity index (χ2v) is 7.11. The van der Waals surface area contributed by atoms with Crippen molar-refractivity contribution in [2.45, 2.75) is 18.1 Å². The number of hydrogen-bond donors (Lipinski definition) is 2. The van der Waals surface area contributed by atoms with E-state index in [1.165, 1.54) is 42.5 Å². The molecule has 1 aromatic heterocycles. The molecule has 0 radical (unpaired) electrons. The van der Waals surface area contributed by atoms with Crippen molar-refractivity contribution < 1.29 is 13.9 Å². The minimum atomic E-state index is -0.510. The average molecular weight is 406 g/mol. The van der Waals surface area contributed by atoms with Crippen LogP contribution >= 0.6 is 23.3 Å². The summed E-state index contributed by atoms with van der Waals surface area (Å²) in [4.78, 5) is 15.6. The van der Waals surface area contributed by atoms with E-state index < -0.39 is 5.91 Å². The number of aromatic nitrogens is 1. The number of carbonyl (C=O) groups is 1. The largest absolute Gasteiger partial charge is 0.495 e. The number of thiazole rings is 1. The van der Waals surface area contributed by atoms with Gasteiger partial charge >= 0.3 is 0 Å². The Morgan fingerprint density at radius 3 is 2.56 bits per heavy atom. The van der Waals surface area contributed by atoms with Gasteiger partial charge in [-0.2, -0.15) is 0 Å². The zero-order valence-corrected chi connectivity index (χ0v) is 16.8. The van der Waals surface area contributed by atoms with Crippen LogP contribution in [0.1, 0.15) is 24.2 Å². The molecule has 2 aromatic carbocycles. The van der Waals surface area contributed by atoms with Crippen LogP contribution in [0.3, 0.4) is 0 Å². The lowest BCUT2D eigenvalue weighted by molar-refractivity contribution is 0.1000. The van der Waals surface area contributed by atoms with Crippen molar-refractivity contribution in [1.29, 1.82) is 0 Å².